The van der Waals surface area contributed by atoms with Crippen molar-refractivity contribution in [2.45, 2.75) is 33.3 Å². The number of hydrogen-bond acceptors (Lipinski definition) is 5. The van der Waals surface area contributed by atoms with Crippen molar-refractivity contribution in [3.8, 4) is 0 Å². The van der Waals surface area contributed by atoms with Crippen LogP contribution in [0.15, 0.2) is 6.20 Å². The minimum Gasteiger partial charge on any atom is -0.391 e. The molecule has 0 aromatic carbocycles. The van der Waals surface area contributed by atoms with Crippen molar-refractivity contribution in [1.82, 2.24) is 9.97 Å². The summed E-state index contributed by atoms with van der Waals surface area (Å²) in [6.45, 7) is 6.65. The third-order valence-electron chi connectivity index (χ3n) is 2.44. The molecule has 0 spiro atoms. The lowest BCUT2D eigenvalue weighted by Crippen LogP contribution is -2.22. The molecule has 0 aliphatic rings. The maximum Gasteiger partial charge on any atom is 0.224 e. The standard InChI is InChI=1S/C12H22N4O/c1-8(2)5-10(17)7-14-11-9(3)6-15-12(13-4)16-11/h6,8,10,17H,5,7H2,1-4H3,(H2,13,14,15,16). The van der Waals surface area contributed by atoms with Gasteiger partial charge in [0, 0.05) is 25.4 Å². The zero-order valence-corrected chi connectivity index (χ0v) is 11.0. The normalized spacial score (nSPS) is 12.6. The molecular weight excluding hydrogens is 216 g/mol. The Morgan fingerprint density at radius 1 is 1.41 bits per heavy atom. The first kappa shape index (κ1) is 13.7. The van der Waals surface area contributed by atoms with Gasteiger partial charge in [0.2, 0.25) is 5.95 Å². The molecule has 1 aromatic rings. The summed E-state index contributed by atoms with van der Waals surface area (Å²) >= 11 is 0. The van der Waals surface area contributed by atoms with Crippen LogP contribution in [0, 0.1) is 12.8 Å². The van der Waals surface area contributed by atoms with E-state index >= 15 is 0 Å². The Bertz CT molecular complexity index is 354. The lowest BCUT2D eigenvalue weighted by Gasteiger charge is -2.15. The van der Waals surface area contributed by atoms with Crippen LogP contribution >= 0.6 is 0 Å². The van der Waals surface area contributed by atoms with Gasteiger partial charge in [0.25, 0.3) is 0 Å². The van der Waals surface area contributed by atoms with E-state index in [1.165, 1.54) is 0 Å². The van der Waals surface area contributed by atoms with Crippen molar-refractivity contribution in [2.75, 3.05) is 24.2 Å². The van der Waals surface area contributed by atoms with E-state index in [2.05, 4.69) is 34.4 Å². The number of aliphatic hydroxyl groups excluding tert-OH is 1. The van der Waals surface area contributed by atoms with Gasteiger partial charge in [-0.15, -0.1) is 0 Å². The molecule has 0 aliphatic carbocycles. The molecule has 0 bridgehead atoms. The van der Waals surface area contributed by atoms with Crippen LogP contribution in [0.25, 0.3) is 0 Å². The van der Waals surface area contributed by atoms with Crippen LogP contribution in [-0.4, -0.2) is 34.8 Å². The average Bonchev–Trinajstić information content (AvgIpc) is 2.27. The maximum absolute atomic E-state index is 9.78. The summed E-state index contributed by atoms with van der Waals surface area (Å²) in [5.41, 5.74) is 0.973. The van der Waals surface area contributed by atoms with Crippen LogP contribution in [0.2, 0.25) is 0 Å². The number of aromatic nitrogens is 2. The van der Waals surface area contributed by atoms with Crippen LogP contribution in [-0.2, 0) is 0 Å². The van der Waals surface area contributed by atoms with E-state index in [1.807, 2.05) is 6.92 Å². The smallest absolute Gasteiger partial charge is 0.224 e. The highest BCUT2D eigenvalue weighted by Crippen LogP contribution is 2.13. The molecule has 0 fully saturated rings. The van der Waals surface area contributed by atoms with Crippen molar-refractivity contribution in [3.63, 3.8) is 0 Å². The van der Waals surface area contributed by atoms with E-state index in [1.54, 1.807) is 13.2 Å². The molecule has 1 rings (SSSR count). The predicted octanol–water partition coefficient (Wildman–Crippen LogP) is 1.65. The molecule has 5 nitrogen and oxygen atoms in total. The van der Waals surface area contributed by atoms with Crippen LogP contribution in [0.3, 0.4) is 0 Å². The highest BCUT2D eigenvalue weighted by molar-refractivity contribution is 5.46. The quantitative estimate of drug-likeness (QED) is 0.703. The van der Waals surface area contributed by atoms with Gasteiger partial charge in [-0.1, -0.05) is 13.8 Å². The van der Waals surface area contributed by atoms with Crippen molar-refractivity contribution in [3.05, 3.63) is 11.8 Å². The van der Waals surface area contributed by atoms with Crippen molar-refractivity contribution < 1.29 is 5.11 Å². The molecule has 0 amide bonds. The summed E-state index contributed by atoms with van der Waals surface area (Å²) in [4.78, 5) is 8.41. The molecule has 1 aromatic heterocycles. The van der Waals surface area contributed by atoms with Gasteiger partial charge in [-0.3, -0.25) is 0 Å². The predicted molar refractivity (Wildman–Crippen MR) is 70.3 cm³/mol. The molecule has 5 heteroatoms. The second-order valence-electron chi connectivity index (χ2n) is 4.64. The van der Waals surface area contributed by atoms with Gasteiger partial charge in [-0.25, -0.2) is 4.98 Å². The Kier molecular flexibility index (Phi) is 5.15. The zero-order valence-electron chi connectivity index (χ0n) is 11.0. The number of aryl methyl sites for hydroxylation is 1. The van der Waals surface area contributed by atoms with E-state index in [-0.39, 0.29) is 6.10 Å². The van der Waals surface area contributed by atoms with Gasteiger partial charge in [-0.05, 0) is 19.3 Å². The molecule has 3 N–H and O–H groups in total. The molecule has 0 radical (unpaired) electrons. The first-order valence-corrected chi connectivity index (χ1v) is 5.96. The van der Waals surface area contributed by atoms with Gasteiger partial charge in [0.1, 0.15) is 5.82 Å². The van der Waals surface area contributed by atoms with E-state index in [4.69, 9.17) is 0 Å². The van der Waals surface area contributed by atoms with Crippen molar-refractivity contribution in [1.29, 1.82) is 0 Å². The molecule has 96 valence electrons. The Balaban J connectivity index is 2.56. The molecular formula is C12H22N4O. The average molecular weight is 238 g/mol. The topological polar surface area (TPSA) is 70.1 Å². The Labute approximate surface area is 103 Å². The monoisotopic (exact) mass is 238 g/mol. The van der Waals surface area contributed by atoms with Gasteiger partial charge in [-0.2, -0.15) is 4.98 Å². The molecule has 1 atom stereocenters. The minimum absolute atomic E-state index is 0.345. The first-order valence-electron chi connectivity index (χ1n) is 5.96. The highest BCUT2D eigenvalue weighted by Gasteiger charge is 2.08. The van der Waals surface area contributed by atoms with Crippen molar-refractivity contribution >= 4 is 11.8 Å². The number of anilines is 2. The summed E-state index contributed by atoms with van der Waals surface area (Å²) in [6.07, 6.45) is 2.20. The lowest BCUT2D eigenvalue weighted by molar-refractivity contribution is 0.161. The van der Waals surface area contributed by atoms with E-state index < -0.39 is 0 Å². The second kappa shape index (κ2) is 6.39. The van der Waals surface area contributed by atoms with E-state index in [9.17, 15) is 5.11 Å². The fourth-order valence-corrected chi connectivity index (χ4v) is 1.58. The highest BCUT2D eigenvalue weighted by atomic mass is 16.3. The number of nitrogens with zero attached hydrogens (tertiary/aromatic N) is 2. The Hall–Kier alpha value is -1.36. The summed E-state index contributed by atoms with van der Waals surface area (Å²) < 4.78 is 0. The summed E-state index contributed by atoms with van der Waals surface area (Å²) in [6, 6.07) is 0. The van der Waals surface area contributed by atoms with Gasteiger partial charge in [0.15, 0.2) is 0 Å². The van der Waals surface area contributed by atoms with Gasteiger partial charge < -0.3 is 15.7 Å². The number of hydrogen-bond donors (Lipinski definition) is 3. The number of aliphatic hydroxyl groups is 1. The number of rotatable bonds is 6. The Morgan fingerprint density at radius 2 is 2.12 bits per heavy atom. The Morgan fingerprint density at radius 3 is 2.71 bits per heavy atom. The van der Waals surface area contributed by atoms with E-state index in [0.29, 0.717) is 18.4 Å². The minimum atomic E-state index is -0.345. The first-order chi connectivity index (χ1) is 8.02. The lowest BCUT2D eigenvalue weighted by atomic mass is 10.1. The van der Waals surface area contributed by atoms with Crippen LogP contribution in [0.4, 0.5) is 11.8 Å². The second-order valence-corrected chi connectivity index (χ2v) is 4.64. The molecule has 17 heavy (non-hydrogen) atoms. The van der Waals surface area contributed by atoms with Crippen LogP contribution in [0.1, 0.15) is 25.8 Å². The largest absolute Gasteiger partial charge is 0.391 e. The fraction of sp³-hybridized carbons (Fsp3) is 0.667. The molecule has 0 saturated carbocycles. The van der Waals surface area contributed by atoms with Crippen LogP contribution in [0.5, 0.6) is 0 Å². The maximum atomic E-state index is 9.78. The van der Waals surface area contributed by atoms with Crippen LogP contribution < -0.4 is 10.6 Å². The summed E-state index contributed by atoms with van der Waals surface area (Å²) in [7, 11) is 1.78. The van der Waals surface area contributed by atoms with Gasteiger partial charge >= 0.3 is 0 Å². The van der Waals surface area contributed by atoms with Gasteiger partial charge in [0.05, 0.1) is 6.10 Å². The summed E-state index contributed by atoms with van der Waals surface area (Å²) in [5.74, 6) is 1.84. The molecule has 1 heterocycles. The molecule has 0 aliphatic heterocycles. The SMILES string of the molecule is CNc1ncc(C)c(NCC(O)CC(C)C)n1. The fourth-order valence-electron chi connectivity index (χ4n) is 1.58. The molecule has 1 unspecified atom stereocenters. The van der Waals surface area contributed by atoms with Crippen molar-refractivity contribution in [2.24, 2.45) is 5.92 Å². The third kappa shape index (κ3) is 4.56. The summed E-state index contributed by atoms with van der Waals surface area (Å²) in [5, 5.41) is 15.8. The van der Waals surface area contributed by atoms with E-state index in [0.717, 1.165) is 17.8 Å². The zero-order chi connectivity index (χ0) is 12.8. The third-order valence-corrected chi connectivity index (χ3v) is 2.44. The number of nitrogens with one attached hydrogen (secondary N) is 2. The molecule has 0 saturated heterocycles.